The predicted molar refractivity (Wildman–Crippen MR) is 126 cm³/mol. The third-order valence-corrected chi connectivity index (χ3v) is 5.95. The first-order chi connectivity index (χ1) is 15.6. The largest absolute Gasteiger partial charge is 0.493 e. The number of carbonyl (C=O) groups is 1. The van der Waals surface area contributed by atoms with E-state index in [9.17, 15) is 4.79 Å². The number of amides is 1. The maximum atomic E-state index is 12.5. The monoisotopic (exact) mass is 448 g/mol. The van der Waals surface area contributed by atoms with Crippen LogP contribution < -0.4 is 10.1 Å². The fourth-order valence-corrected chi connectivity index (χ4v) is 4.18. The second kappa shape index (κ2) is 9.74. The molecular weight excluding hydrogens is 424 g/mol. The van der Waals surface area contributed by atoms with E-state index in [2.05, 4.69) is 22.1 Å². The third-order valence-electron chi connectivity index (χ3n) is 4.99. The van der Waals surface area contributed by atoms with Gasteiger partial charge in [0.1, 0.15) is 0 Å². The molecule has 0 unspecified atom stereocenters. The minimum atomic E-state index is -0.0745. The summed E-state index contributed by atoms with van der Waals surface area (Å²) >= 11 is 1.33. The van der Waals surface area contributed by atoms with Crippen molar-refractivity contribution in [3.63, 3.8) is 0 Å². The molecule has 0 aliphatic rings. The maximum Gasteiger partial charge on any atom is 0.230 e. The van der Waals surface area contributed by atoms with Gasteiger partial charge >= 0.3 is 0 Å². The average molecular weight is 449 g/mol. The van der Waals surface area contributed by atoms with Crippen LogP contribution in [0.1, 0.15) is 18.5 Å². The Morgan fingerprint density at radius 1 is 1.25 bits per heavy atom. The molecule has 4 rings (SSSR count). The summed E-state index contributed by atoms with van der Waals surface area (Å²) in [6.07, 6.45) is 1.76. The van der Waals surface area contributed by atoms with E-state index in [1.165, 1.54) is 11.8 Å². The molecule has 1 N–H and O–H groups in total. The number of nitrogens with zero attached hydrogens (tertiary/aromatic N) is 3. The summed E-state index contributed by atoms with van der Waals surface area (Å²) in [6, 6.07) is 17.4. The van der Waals surface area contributed by atoms with Crippen LogP contribution in [0, 0.1) is 0 Å². The third kappa shape index (κ3) is 4.55. The number of carbonyl (C=O) groups excluding carboxylic acids is 1. The van der Waals surface area contributed by atoms with Gasteiger partial charge in [-0.05, 0) is 24.6 Å². The zero-order valence-electron chi connectivity index (χ0n) is 17.9. The molecule has 1 atom stereocenters. The molecule has 7 nitrogen and oxygen atoms in total. The number of thioether (sulfide) groups is 1. The Morgan fingerprint density at radius 2 is 2.06 bits per heavy atom. The molecule has 2 heterocycles. The summed E-state index contributed by atoms with van der Waals surface area (Å²) in [6.45, 7) is 6.29. The molecule has 0 saturated heterocycles. The maximum absolute atomic E-state index is 12.5. The van der Waals surface area contributed by atoms with Crippen molar-refractivity contribution < 1.29 is 13.9 Å². The van der Waals surface area contributed by atoms with Crippen LogP contribution in [0.4, 0.5) is 0 Å². The van der Waals surface area contributed by atoms with E-state index in [0.717, 1.165) is 10.9 Å². The summed E-state index contributed by atoms with van der Waals surface area (Å²) in [7, 11) is 1.61. The Hall–Kier alpha value is -3.52. The Kier molecular flexibility index (Phi) is 6.61. The lowest BCUT2D eigenvalue weighted by atomic mass is 10.1. The van der Waals surface area contributed by atoms with Crippen LogP contribution in [-0.2, 0) is 11.3 Å². The van der Waals surface area contributed by atoms with Gasteiger partial charge in [-0.3, -0.25) is 9.36 Å². The summed E-state index contributed by atoms with van der Waals surface area (Å²) in [5, 5.41) is 13.2. The molecule has 2 aromatic carbocycles. The van der Waals surface area contributed by atoms with Crippen molar-refractivity contribution >= 4 is 28.6 Å². The van der Waals surface area contributed by atoms with Crippen molar-refractivity contribution in [3.05, 3.63) is 72.8 Å². The number of furan rings is 1. The van der Waals surface area contributed by atoms with Crippen LogP contribution in [0.25, 0.3) is 22.6 Å². The fraction of sp³-hybridized carbons (Fsp3) is 0.208. The Bertz CT molecular complexity index is 1230. The second-order valence-electron chi connectivity index (χ2n) is 7.18. The first kappa shape index (κ1) is 21.7. The zero-order valence-corrected chi connectivity index (χ0v) is 18.8. The Labute approximate surface area is 190 Å². The SMILES string of the molecule is C=CCn1c(SCC(=O)N[C@@H](C)c2ccccc2)nnc1-c1cc2cccc(OC)c2o1. The number of methoxy groups -OCH3 is 1. The first-order valence-corrected chi connectivity index (χ1v) is 11.2. The number of nitrogens with one attached hydrogen (secondary N) is 1. The van der Waals surface area contributed by atoms with E-state index in [4.69, 9.17) is 9.15 Å². The van der Waals surface area contributed by atoms with Crippen molar-refractivity contribution in [2.75, 3.05) is 12.9 Å². The Morgan fingerprint density at radius 3 is 2.81 bits per heavy atom. The molecule has 0 fully saturated rings. The molecule has 32 heavy (non-hydrogen) atoms. The fourth-order valence-electron chi connectivity index (χ4n) is 3.42. The van der Waals surface area contributed by atoms with Crippen LogP contribution in [0.5, 0.6) is 5.75 Å². The van der Waals surface area contributed by atoms with Crippen LogP contribution in [-0.4, -0.2) is 33.5 Å². The van der Waals surface area contributed by atoms with Gasteiger partial charge in [-0.1, -0.05) is 60.3 Å². The van der Waals surface area contributed by atoms with Gasteiger partial charge in [0.25, 0.3) is 0 Å². The number of aromatic nitrogens is 3. The molecule has 0 aliphatic carbocycles. The molecule has 0 bridgehead atoms. The lowest BCUT2D eigenvalue weighted by Gasteiger charge is -2.14. The van der Waals surface area contributed by atoms with Gasteiger partial charge in [0, 0.05) is 11.9 Å². The lowest BCUT2D eigenvalue weighted by molar-refractivity contribution is -0.119. The van der Waals surface area contributed by atoms with Crippen molar-refractivity contribution in [3.8, 4) is 17.3 Å². The highest BCUT2D eigenvalue weighted by atomic mass is 32.2. The number of para-hydroxylation sites is 1. The summed E-state index contributed by atoms with van der Waals surface area (Å²) in [5.74, 6) is 1.95. The number of rotatable bonds is 9. The number of hydrogen-bond donors (Lipinski definition) is 1. The van der Waals surface area contributed by atoms with Gasteiger partial charge in [-0.15, -0.1) is 16.8 Å². The zero-order chi connectivity index (χ0) is 22.5. The minimum Gasteiger partial charge on any atom is -0.493 e. The quantitative estimate of drug-likeness (QED) is 0.291. The minimum absolute atomic E-state index is 0.0727. The van der Waals surface area contributed by atoms with Crippen LogP contribution >= 0.6 is 11.8 Å². The number of ether oxygens (including phenoxy) is 1. The summed E-state index contributed by atoms with van der Waals surface area (Å²) < 4.78 is 13.3. The van der Waals surface area contributed by atoms with Crippen LogP contribution in [0.15, 0.2) is 76.8 Å². The molecule has 4 aromatic rings. The highest BCUT2D eigenvalue weighted by molar-refractivity contribution is 7.99. The molecule has 0 radical (unpaired) electrons. The van der Waals surface area contributed by atoms with E-state index in [-0.39, 0.29) is 17.7 Å². The summed E-state index contributed by atoms with van der Waals surface area (Å²) in [5.41, 5.74) is 1.71. The van der Waals surface area contributed by atoms with E-state index in [0.29, 0.717) is 34.6 Å². The van der Waals surface area contributed by atoms with Crippen LogP contribution in [0.2, 0.25) is 0 Å². The molecule has 0 aliphatic heterocycles. The molecular formula is C24H24N4O3S. The van der Waals surface area contributed by atoms with Gasteiger partial charge in [-0.2, -0.15) is 0 Å². The molecule has 164 valence electrons. The molecule has 1 amide bonds. The smallest absolute Gasteiger partial charge is 0.230 e. The van der Waals surface area contributed by atoms with E-state index in [1.54, 1.807) is 13.2 Å². The van der Waals surface area contributed by atoms with E-state index in [1.807, 2.05) is 66.1 Å². The van der Waals surface area contributed by atoms with Crippen molar-refractivity contribution in [1.29, 1.82) is 0 Å². The first-order valence-electron chi connectivity index (χ1n) is 10.2. The molecule has 2 aromatic heterocycles. The molecule has 8 heteroatoms. The van der Waals surface area contributed by atoms with E-state index >= 15 is 0 Å². The second-order valence-corrected chi connectivity index (χ2v) is 8.13. The number of allylic oxidation sites excluding steroid dienone is 1. The predicted octanol–water partition coefficient (Wildman–Crippen LogP) is 4.86. The van der Waals surface area contributed by atoms with E-state index < -0.39 is 0 Å². The van der Waals surface area contributed by atoms with Gasteiger partial charge in [-0.25, -0.2) is 0 Å². The standard InChI is InChI=1S/C24H24N4O3S/c1-4-13-28-23(20-14-18-11-8-12-19(30-3)22(18)31-20)26-27-24(28)32-15-21(29)25-16(2)17-9-6-5-7-10-17/h4-12,14,16H,1,13,15H2,2-3H3,(H,25,29)/t16-/m0/s1. The van der Waals surface area contributed by atoms with Crippen molar-refractivity contribution in [2.45, 2.75) is 24.7 Å². The number of hydrogen-bond acceptors (Lipinski definition) is 6. The average Bonchev–Trinajstić information content (AvgIpc) is 3.42. The van der Waals surface area contributed by atoms with Gasteiger partial charge < -0.3 is 14.5 Å². The highest BCUT2D eigenvalue weighted by Crippen LogP contribution is 2.33. The van der Waals surface area contributed by atoms with Crippen LogP contribution in [0.3, 0.4) is 0 Å². The highest BCUT2D eigenvalue weighted by Gasteiger charge is 2.19. The Balaban J connectivity index is 1.51. The molecule has 0 spiro atoms. The normalized spacial score (nSPS) is 11.9. The van der Waals surface area contributed by atoms with Gasteiger partial charge in [0.15, 0.2) is 22.2 Å². The van der Waals surface area contributed by atoms with Crippen molar-refractivity contribution in [2.24, 2.45) is 0 Å². The lowest BCUT2D eigenvalue weighted by Crippen LogP contribution is -2.28. The molecule has 0 saturated carbocycles. The number of benzene rings is 2. The van der Waals surface area contributed by atoms with Crippen molar-refractivity contribution in [1.82, 2.24) is 20.1 Å². The van der Waals surface area contributed by atoms with Gasteiger partial charge in [0.2, 0.25) is 11.7 Å². The topological polar surface area (TPSA) is 82.2 Å². The summed E-state index contributed by atoms with van der Waals surface area (Å²) in [4.78, 5) is 12.5. The number of fused-ring (bicyclic) bond motifs is 1. The van der Waals surface area contributed by atoms with Gasteiger partial charge in [0.05, 0.1) is 18.9 Å².